The summed E-state index contributed by atoms with van der Waals surface area (Å²) in [4.78, 5) is 25.2. The Kier molecular flexibility index (Phi) is 7.81. The van der Waals surface area contributed by atoms with Gasteiger partial charge in [-0.25, -0.2) is 4.79 Å². The molecule has 6 nitrogen and oxygen atoms in total. The molecule has 0 aromatic heterocycles. The van der Waals surface area contributed by atoms with Crippen LogP contribution in [0.15, 0.2) is 54.6 Å². The maximum atomic E-state index is 13.3. The first-order chi connectivity index (χ1) is 16.9. The van der Waals surface area contributed by atoms with Gasteiger partial charge in [0.25, 0.3) is 5.91 Å². The third-order valence-electron chi connectivity index (χ3n) is 6.30. The van der Waals surface area contributed by atoms with Gasteiger partial charge in [-0.1, -0.05) is 39.0 Å². The molecule has 0 radical (unpaired) electrons. The summed E-state index contributed by atoms with van der Waals surface area (Å²) >= 11 is 0. The molecule has 9 heteroatoms. The lowest BCUT2D eigenvalue weighted by Gasteiger charge is -2.31. The Labute approximate surface area is 207 Å². The fourth-order valence-corrected chi connectivity index (χ4v) is 3.69. The van der Waals surface area contributed by atoms with Crippen LogP contribution in [0.3, 0.4) is 0 Å². The zero-order chi connectivity index (χ0) is 26.7. The number of methoxy groups -OCH3 is 1. The number of fused-ring (bicyclic) bond motifs is 1. The number of carbonyl (C=O) groups is 2. The lowest BCUT2D eigenvalue weighted by atomic mass is 9.81. The van der Waals surface area contributed by atoms with Crippen LogP contribution in [0, 0.1) is 5.41 Å². The maximum absolute atomic E-state index is 13.3. The van der Waals surface area contributed by atoms with E-state index in [2.05, 4.69) is 5.32 Å². The topological polar surface area (TPSA) is 84.9 Å². The van der Waals surface area contributed by atoms with Crippen molar-refractivity contribution >= 4 is 22.6 Å². The van der Waals surface area contributed by atoms with E-state index in [-0.39, 0.29) is 17.9 Å². The van der Waals surface area contributed by atoms with Crippen molar-refractivity contribution in [1.82, 2.24) is 5.32 Å². The highest BCUT2D eigenvalue weighted by atomic mass is 19.4. The van der Waals surface area contributed by atoms with Gasteiger partial charge in [-0.2, -0.15) is 13.2 Å². The number of aliphatic carboxylic acids is 1. The number of amides is 1. The number of benzene rings is 3. The zero-order valence-electron chi connectivity index (χ0n) is 20.4. The van der Waals surface area contributed by atoms with Gasteiger partial charge in [0.15, 0.2) is 0 Å². The number of hydrogen-bond donors (Lipinski definition) is 2. The van der Waals surface area contributed by atoms with Crippen LogP contribution < -0.4 is 14.8 Å². The fraction of sp³-hybridized carbons (Fsp3) is 0.333. The highest BCUT2D eigenvalue weighted by Gasteiger charge is 2.36. The molecular weight excluding hydrogens is 475 g/mol. The van der Waals surface area contributed by atoms with Gasteiger partial charge in [0.1, 0.15) is 24.1 Å². The molecule has 192 valence electrons. The van der Waals surface area contributed by atoms with Crippen molar-refractivity contribution in [2.45, 2.75) is 46.0 Å². The van der Waals surface area contributed by atoms with E-state index in [4.69, 9.17) is 9.47 Å². The van der Waals surface area contributed by atoms with Gasteiger partial charge in [0.2, 0.25) is 0 Å². The molecule has 0 fully saturated rings. The number of carboxylic acids is 1. The summed E-state index contributed by atoms with van der Waals surface area (Å²) in [6, 6.07) is 11.8. The molecule has 0 aliphatic heterocycles. The number of hydrogen-bond acceptors (Lipinski definition) is 4. The molecule has 1 atom stereocenters. The summed E-state index contributed by atoms with van der Waals surface area (Å²) in [5.74, 6) is -1.02. The minimum Gasteiger partial charge on any atom is -0.497 e. The number of carboxylic acid groups (broad SMARTS) is 1. The molecule has 3 aromatic carbocycles. The van der Waals surface area contributed by atoms with E-state index in [1.54, 1.807) is 38.1 Å². The molecule has 0 saturated heterocycles. The van der Waals surface area contributed by atoms with E-state index in [0.29, 0.717) is 28.5 Å². The highest BCUT2D eigenvalue weighted by molar-refractivity contribution is 6.05. The average molecular weight is 504 g/mol. The highest BCUT2D eigenvalue weighted by Crippen LogP contribution is 2.34. The minimum absolute atomic E-state index is 0.105. The predicted molar refractivity (Wildman–Crippen MR) is 129 cm³/mol. The monoisotopic (exact) mass is 503 g/mol. The Hall–Kier alpha value is -3.75. The summed E-state index contributed by atoms with van der Waals surface area (Å²) in [6.07, 6.45) is -3.94. The number of nitrogens with one attached hydrogen (secondary N) is 1. The summed E-state index contributed by atoms with van der Waals surface area (Å²) in [7, 11) is 1.52. The van der Waals surface area contributed by atoms with E-state index in [0.717, 1.165) is 12.1 Å². The van der Waals surface area contributed by atoms with Gasteiger partial charge < -0.3 is 19.9 Å². The molecule has 1 amide bonds. The second kappa shape index (κ2) is 10.5. The third-order valence-corrected chi connectivity index (χ3v) is 6.30. The van der Waals surface area contributed by atoms with Crippen molar-refractivity contribution in [2.24, 2.45) is 5.41 Å². The standard InChI is InChI=1S/C27H28F3NO5/c1-5-26(2,3)23(25(33)34)31-24(32)21-12-8-17-14-19(35-4)11-13-20(17)22(21)36-15-16-6-9-18(10-7-16)27(28,29)30/h6-14,23H,5,15H2,1-4H3,(H,31,32)(H,33,34)/t23-/m1/s1. The Morgan fingerprint density at radius 2 is 1.69 bits per heavy atom. The van der Waals surface area contributed by atoms with Crippen LogP contribution in [0.4, 0.5) is 13.2 Å². The Balaban J connectivity index is 1.99. The van der Waals surface area contributed by atoms with E-state index < -0.39 is 35.1 Å². The van der Waals surface area contributed by atoms with Crippen molar-refractivity contribution in [3.63, 3.8) is 0 Å². The van der Waals surface area contributed by atoms with Crippen LogP contribution >= 0.6 is 0 Å². The second-order valence-electron chi connectivity index (χ2n) is 9.10. The van der Waals surface area contributed by atoms with Crippen LogP contribution in [-0.2, 0) is 17.6 Å². The number of ether oxygens (including phenoxy) is 2. The quantitative estimate of drug-likeness (QED) is 0.371. The maximum Gasteiger partial charge on any atom is 0.416 e. The zero-order valence-corrected chi connectivity index (χ0v) is 20.4. The molecule has 3 rings (SSSR count). The number of halogens is 3. The number of carbonyl (C=O) groups excluding carboxylic acids is 1. The van der Waals surface area contributed by atoms with Crippen LogP contribution in [0.25, 0.3) is 10.8 Å². The van der Waals surface area contributed by atoms with Crippen molar-refractivity contribution in [1.29, 1.82) is 0 Å². The van der Waals surface area contributed by atoms with Gasteiger partial charge in [0.05, 0.1) is 18.2 Å². The lowest BCUT2D eigenvalue weighted by molar-refractivity contribution is -0.142. The fourth-order valence-electron chi connectivity index (χ4n) is 3.69. The first-order valence-electron chi connectivity index (χ1n) is 11.3. The summed E-state index contributed by atoms with van der Waals surface area (Å²) in [5, 5.41) is 13.6. The van der Waals surface area contributed by atoms with Crippen LogP contribution in [0.1, 0.15) is 48.7 Å². The third kappa shape index (κ3) is 5.90. The van der Waals surface area contributed by atoms with Gasteiger partial charge in [-0.3, -0.25) is 4.79 Å². The van der Waals surface area contributed by atoms with Crippen LogP contribution in [-0.4, -0.2) is 30.1 Å². The number of alkyl halides is 3. The smallest absolute Gasteiger partial charge is 0.416 e. The molecule has 0 heterocycles. The molecule has 0 unspecified atom stereocenters. The second-order valence-corrected chi connectivity index (χ2v) is 9.10. The summed E-state index contributed by atoms with van der Waals surface area (Å²) in [6.45, 7) is 5.23. The van der Waals surface area contributed by atoms with Gasteiger partial charge >= 0.3 is 12.1 Å². The number of rotatable bonds is 9. The molecule has 0 aliphatic carbocycles. The summed E-state index contributed by atoms with van der Waals surface area (Å²) < 4.78 is 49.9. The van der Waals surface area contributed by atoms with E-state index in [9.17, 15) is 27.9 Å². The molecule has 0 aliphatic rings. The van der Waals surface area contributed by atoms with Crippen molar-refractivity contribution in [3.8, 4) is 11.5 Å². The largest absolute Gasteiger partial charge is 0.497 e. The average Bonchev–Trinajstić information content (AvgIpc) is 2.84. The van der Waals surface area contributed by atoms with Gasteiger partial charge in [0, 0.05) is 5.39 Å². The van der Waals surface area contributed by atoms with Gasteiger partial charge in [-0.05, 0) is 59.2 Å². The van der Waals surface area contributed by atoms with Crippen LogP contribution in [0.2, 0.25) is 0 Å². The van der Waals surface area contributed by atoms with Crippen molar-refractivity contribution < 1.29 is 37.3 Å². The SMILES string of the molecule is CCC(C)(C)[C@H](NC(=O)c1ccc2cc(OC)ccc2c1OCc1ccc(C(F)(F)F)cc1)C(=O)O. The normalized spacial score (nSPS) is 12.8. The Morgan fingerprint density at radius 3 is 2.25 bits per heavy atom. The van der Waals surface area contributed by atoms with E-state index >= 15 is 0 Å². The van der Waals surface area contributed by atoms with Gasteiger partial charge in [-0.15, -0.1) is 0 Å². The predicted octanol–water partition coefficient (Wildman–Crippen LogP) is 6.07. The molecule has 0 spiro atoms. The molecule has 2 N–H and O–H groups in total. The molecule has 36 heavy (non-hydrogen) atoms. The Morgan fingerprint density at radius 1 is 1.03 bits per heavy atom. The van der Waals surface area contributed by atoms with Crippen molar-refractivity contribution in [2.75, 3.05) is 7.11 Å². The first kappa shape index (κ1) is 26.8. The lowest BCUT2D eigenvalue weighted by Crippen LogP contribution is -2.50. The van der Waals surface area contributed by atoms with Crippen LogP contribution in [0.5, 0.6) is 11.5 Å². The Bertz CT molecular complexity index is 1250. The molecule has 0 bridgehead atoms. The molecule has 0 saturated carbocycles. The van der Waals surface area contributed by atoms with Crippen molar-refractivity contribution in [3.05, 3.63) is 71.3 Å². The molecular formula is C27H28F3NO5. The van der Waals surface area contributed by atoms with E-state index in [1.165, 1.54) is 25.3 Å². The summed E-state index contributed by atoms with van der Waals surface area (Å²) in [5.41, 5.74) is -0.914. The minimum atomic E-state index is -4.45. The molecule has 3 aromatic rings. The van der Waals surface area contributed by atoms with E-state index in [1.807, 2.05) is 6.92 Å². The first-order valence-corrected chi connectivity index (χ1v) is 11.3.